The van der Waals surface area contributed by atoms with Crippen molar-refractivity contribution in [3.8, 4) is 0 Å². The fourth-order valence-corrected chi connectivity index (χ4v) is 2.70. The molecule has 1 fully saturated rings. The van der Waals surface area contributed by atoms with E-state index in [2.05, 4.69) is 19.9 Å². The predicted octanol–water partition coefficient (Wildman–Crippen LogP) is 0.888. The lowest BCUT2D eigenvalue weighted by Gasteiger charge is -2.31. The first-order chi connectivity index (χ1) is 10.6. The maximum absolute atomic E-state index is 12.3. The molecule has 0 atom stereocenters. The Balaban J connectivity index is 1.65. The maximum Gasteiger partial charge on any atom is 0.273 e. The molecule has 7 heteroatoms. The van der Waals surface area contributed by atoms with Crippen LogP contribution in [0.25, 0.3) is 0 Å². The molecule has 0 unspecified atom stereocenters. The van der Waals surface area contributed by atoms with Crippen LogP contribution in [0.15, 0.2) is 29.5 Å². The van der Waals surface area contributed by atoms with Crippen molar-refractivity contribution in [1.29, 1.82) is 0 Å². The third-order valence-electron chi connectivity index (χ3n) is 3.89. The van der Waals surface area contributed by atoms with E-state index in [9.17, 15) is 9.59 Å². The third-order valence-corrected chi connectivity index (χ3v) is 3.89. The average Bonchev–Trinajstić information content (AvgIpc) is 2.55. The minimum Gasteiger partial charge on any atom is -0.337 e. The molecule has 1 aliphatic heterocycles. The number of hydrogen-bond acceptors (Lipinski definition) is 5. The fourth-order valence-electron chi connectivity index (χ4n) is 2.70. The second-order valence-electron chi connectivity index (χ2n) is 5.39. The number of H-pyrrole nitrogens is 1. The van der Waals surface area contributed by atoms with E-state index in [1.807, 2.05) is 13.0 Å². The van der Waals surface area contributed by atoms with Crippen LogP contribution >= 0.6 is 0 Å². The maximum atomic E-state index is 12.3. The van der Waals surface area contributed by atoms with Gasteiger partial charge in [-0.05, 0) is 25.8 Å². The molecule has 0 spiro atoms. The minimum atomic E-state index is -0.311. The highest BCUT2D eigenvalue weighted by Crippen LogP contribution is 2.26. The molecule has 0 radical (unpaired) electrons. The van der Waals surface area contributed by atoms with E-state index in [1.54, 1.807) is 11.1 Å². The molecule has 0 aromatic carbocycles. The molecule has 3 heterocycles. The Morgan fingerprint density at radius 1 is 1.32 bits per heavy atom. The van der Waals surface area contributed by atoms with Crippen molar-refractivity contribution in [2.45, 2.75) is 25.7 Å². The van der Waals surface area contributed by atoms with E-state index < -0.39 is 0 Å². The highest BCUT2D eigenvalue weighted by Gasteiger charge is 2.26. The Morgan fingerprint density at radius 3 is 2.73 bits per heavy atom. The van der Waals surface area contributed by atoms with Crippen molar-refractivity contribution >= 4 is 5.91 Å². The van der Waals surface area contributed by atoms with Gasteiger partial charge in [-0.15, -0.1) is 0 Å². The Kier molecular flexibility index (Phi) is 3.95. The number of aryl methyl sites for hydroxylation is 1. The van der Waals surface area contributed by atoms with E-state index in [0.29, 0.717) is 19.0 Å². The lowest BCUT2D eigenvalue weighted by molar-refractivity contribution is 0.0705. The molecule has 7 nitrogen and oxygen atoms in total. The summed E-state index contributed by atoms with van der Waals surface area (Å²) in [6, 6.07) is 1.94. The first-order valence-corrected chi connectivity index (χ1v) is 7.27. The van der Waals surface area contributed by atoms with E-state index in [0.717, 1.165) is 30.6 Å². The number of likely N-dealkylation sites (tertiary alicyclic amines) is 1. The highest BCUT2D eigenvalue weighted by atomic mass is 16.2. The van der Waals surface area contributed by atoms with Gasteiger partial charge in [0.15, 0.2) is 0 Å². The van der Waals surface area contributed by atoms with E-state index in [-0.39, 0.29) is 17.2 Å². The van der Waals surface area contributed by atoms with Crippen molar-refractivity contribution in [2.75, 3.05) is 13.1 Å². The molecule has 3 rings (SSSR count). The zero-order valence-corrected chi connectivity index (χ0v) is 12.3. The number of hydrogen-bond donors (Lipinski definition) is 1. The second kappa shape index (κ2) is 6.05. The summed E-state index contributed by atoms with van der Waals surface area (Å²) in [7, 11) is 0. The molecule has 2 aromatic heterocycles. The summed E-state index contributed by atoms with van der Waals surface area (Å²) in [6.07, 6.45) is 6.00. The van der Waals surface area contributed by atoms with Crippen molar-refractivity contribution in [3.05, 3.63) is 52.2 Å². The summed E-state index contributed by atoms with van der Waals surface area (Å²) in [4.78, 5) is 40.0. The van der Waals surface area contributed by atoms with Gasteiger partial charge in [-0.3, -0.25) is 9.59 Å². The van der Waals surface area contributed by atoms with Gasteiger partial charge in [-0.2, -0.15) is 0 Å². The number of nitrogens with one attached hydrogen (secondary N) is 1. The molecule has 0 bridgehead atoms. The quantitative estimate of drug-likeness (QED) is 0.889. The standard InChI is InChI=1S/C15H17N5O2/c1-10-16-5-2-12(19-10)11-3-6-20(7-4-11)15(22)13-8-18-14(21)9-17-13/h2,5,8-9,11H,3-4,6-7H2,1H3,(H,18,21). The van der Waals surface area contributed by atoms with Gasteiger partial charge in [-0.1, -0.05) is 0 Å². The van der Waals surface area contributed by atoms with Crippen molar-refractivity contribution in [1.82, 2.24) is 24.8 Å². The molecule has 0 aliphatic carbocycles. The first kappa shape index (κ1) is 14.4. The number of carbonyl (C=O) groups is 1. The topological polar surface area (TPSA) is 91.8 Å². The van der Waals surface area contributed by atoms with Crippen LogP contribution in [0.2, 0.25) is 0 Å². The summed E-state index contributed by atoms with van der Waals surface area (Å²) in [5.41, 5.74) is 1.01. The Bertz CT molecular complexity index is 714. The molecule has 2 aromatic rings. The largest absolute Gasteiger partial charge is 0.337 e. The van der Waals surface area contributed by atoms with Gasteiger partial charge in [-0.25, -0.2) is 15.0 Å². The van der Waals surface area contributed by atoms with Gasteiger partial charge < -0.3 is 9.88 Å². The number of piperidine rings is 1. The minimum absolute atomic E-state index is 0.145. The molecule has 1 aliphatic rings. The zero-order chi connectivity index (χ0) is 15.5. The van der Waals surface area contributed by atoms with Crippen LogP contribution in [0.3, 0.4) is 0 Å². The van der Waals surface area contributed by atoms with Crippen molar-refractivity contribution in [3.63, 3.8) is 0 Å². The lowest BCUT2D eigenvalue weighted by atomic mass is 9.93. The molecule has 1 amide bonds. The molecular formula is C15H17N5O2. The number of aromatic amines is 1. The van der Waals surface area contributed by atoms with Gasteiger partial charge in [0.1, 0.15) is 11.5 Å². The smallest absolute Gasteiger partial charge is 0.273 e. The summed E-state index contributed by atoms with van der Waals surface area (Å²) < 4.78 is 0. The summed E-state index contributed by atoms with van der Waals surface area (Å²) in [5.74, 6) is 0.983. The summed E-state index contributed by atoms with van der Waals surface area (Å²) in [5, 5.41) is 0. The Hall–Kier alpha value is -2.57. The predicted molar refractivity (Wildman–Crippen MR) is 79.5 cm³/mol. The lowest BCUT2D eigenvalue weighted by Crippen LogP contribution is -2.38. The van der Waals surface area contributed by atoms with Gasteiger partial charge in [0.05, 0.1) is 6.20 Å². The van der Waals surface area contributed by atoms with Crippen LogP contribution in [-0.2, 0) is 0 Å². The summed E-state index contributed by atoms with van der Waals surface area (Å²) in [6.45, 7) is 3.20. The van der Waals surface area contributed by atoms with E-state index in [4.69, 9.17) is 0 Å². The molecule has 114 valence electrons. The average molecular weight is 299 g/mol. The van der Waals surface area contributed by atoms with Crippen molar-refractivity contribution in [2.24, 2.45) is 0 Å². The number of amides is 1. The van der Waals surface area contributed by atoms with E-state index >= 15 is 0 Å². The molecule has 1 N–H and O–H groups in total. The number of rotatable bonds is 2. The van der Waals surface area contributed by atoms with Crippen LogP contribution in [0, 0.1) is 6.92 Å². The third kappa shape index (κ3) is 3.03. The molecular weight excluding hydrogens is 282 g/mol. The number of aromatic nitrogens is 4. The second-order valence-corrected chi connectivity index (χ2v) is 5.39. The fraction of sp³-hybridized carbons (Fsp3) is 0.400. The number of carbonyl (C=O) groups excluding carboxylic acids is 1. The van der Waals surface area contributed by atoms with Gasteiger partial charge in [0.2, 0.25) is 0 Å². The van der Waals surface area contributed by atoms with Crippen LogP contribution in [-0.4, -0.2) is 43.8 Å². The van der Waals surface area contributed by atoms with Crippen LogP contribution in [0.4, 0.5) is 0 Å². The van der Waals surface area contributed by atoms with Crippen LogP contribution < -0.4 is 5.56 Å². The van der Waals surface area contributed by atoms with Crippen LogP contribution in [0.1, 0.15) is 40.8 Å². The Labute approximate surface area is 127 Å². The SMILES string of the molecule is Cc1nccc(C2CCN(C(=O)c3c[nH]c(=O)cn3)CC2)n1. The van der Waals surface area contributed by atoms with Crippen molar-refractivity contribution < 1.29 is 4.79 Å². The number of nitrogens with zero attached hydrogens (tertiary/aromatic N) is 4. The van der Waals surface area contributed by atoms with Crippen LogP contribution in [0.5, 0.6) is 0 Å². The monoisotopic (exact) mass is 299 g/mol. The summed E-state index contributed by atoms with van der Waals surface area (Å²) >= 11 is 0. The van der Waals surface area contributed by atoms with Gasteiger partial charge in [0.25, 0.3) is 11.5 Å². The first-order valence-electron chi connectivity index (χ1n) is 7.27. The molecule has 0 saturated carbocycles. The highest BCUT2D eigenvalue weighted by molar-refractivity contribution is 5.92. The molecule has 22 heavy (non-hydrogen) atoms. The van der Waals surface area contributed by atoms with Gasteiger partial charge in [0, 0.05) is 37.1 Å². The normalized spacial score (nSPS) is 15.8. The Morgan fingerprint density at radius 2 is 2.09 bits per heavy atom. The van der Waals surface area contributed by atoms with Gasteiger partial charge >= 0.3 is 0 Å². The van der Waals surface area contributed by atoms with E-state index in [1.165, 1.54) is 6.20 Å². The zero-order valence-electron chi connectivity index (χ0n) is 12.3. The molecule has 1 saturated heterocycles.